The largest absolute Gasteiger partial charge is 0.350 e. The van der Waals surface area contributed by atoms with Crippen molar-refractivity contribution in [1.82, 2.24) is 24.6 Å². The number of carbonyl (C=O) groups excluding carboxylic acids is 2. The van der Waals surface area contributed by atoms with Crippen LogP contribution in [0.15, 0.2) is 24.8 Å². The zero-order valence-electron chi connectivity index (χ0n) is 14.1. The fourth-order valence-corrected chi connectivity index (χ4v) is 3.09. The molecule has 3 rings (SSSR count). The summed E-state index contributed by atoms with van der Waals surface area (Å²) in [6.07, 6.45) is 8.01. The molecule has 0 bridgehead atoms. The summed E-state index contributed by atoms with van der Waals surface area (Å²) in [5.74, 6) is 0.423. The minimum Gasteiger partial charge on any atom is -0.350 e. The molecule has 0 spiro atoms. The van der Waals surface area contributed by atoms with Gasteiger partial charge >= 0.3 is 0 Å². The molecule has 0 aliphatic carbocycles. The zero-order valence-corrected chi connectivity index (χ0v) is 14.1. The number of nitrogens with zero attached hydrogens (tertiary/aromatic N) is 4. The third-order valence-corrected chi connectivity index (χ3v) is 4.29. The van der Waals surface area contributed by atoms with Gasteiger partial charge in [-0.05, 0) is 12.3 Å². The van der Waals surface area contributed by atoms with Crippen LogP contribution in [0.4, 0.5) is 0 Å². The average Bonchev–Trinajstić information content (AvgIpc) is 2.97. The van der Waals surface area contributed by atoms with Gasteiger partial charge in [0.2, 0.25) is 11.8 Å². The van der Waals surface area contributed by atoms with E-state index in [0.717, 1.165) is 11.3 Å². The first-order valence-corrected chi connectivity index (χ1v) is 8.36. The molecule has 0 saturated carbocycles. The van der Waals surface area contributed by atoms with Crippen LogP contribution in [0.25, 0.3) is 5.65 Å². The third kappa shape index (κ3) is 3.55. The van der Waals surface area contributed by atoms with Gasteiger partial charge in [0.15, 0.2) is 5.65 Å². The van der Waals surface area contributed by atoms with Crippen LogP contribution < -0.4 is 5.32 Å². The Morgan fingerprint density at radius 3 is 3.04 bits per heavy atom. The molecule has 1 N–H and O–H groups in total. The highest BCUT2D eigenvalue weighted by atomic mass is 16.2. The quantitative estimate of drug-likeness (QED) is 0.895. The van der Waals surface area contributed by atoms with Crippen LogP contribution in [0.1, 0.15) is 32.4 Å². The maximum Gasteiger partial charge on any atom is 0.225 e. The van der Waals surface area contributed by atoms with Crippen molar-refractivity contribution in [1.29, 1.82) is 0 Å². The molecule has 24 heavy (non-hydrogen) atoms. The number of carbonyl (C=O) groups is 2. The number of amides is 2. The lowest BCUT2D eigenvalue weighted by atomic mass is 9.96. The van der Waals surface area contributed by atoms with Crippen molar-refractivity contribution in [2.45, 2.75) is 33.2 Å². The number of likely N-dealkylation sites (tertiary alicyclic amines) is 1. The van der Waals surface area contributed by atoms with Gasteiger partial charge in [-0.2, -0.15) is 0 Å². The maximum atomic E-state index is 12.5. The van der Waals surface area contributed by atoms with Crippen molar-refractivity contribution >= 4 is 17.5 Å². The fourth-order valence-electron chi connectivity index (χ4n) is 3.09. The molecule has 2 aromatic rings. The van der Waals surface area contributed by atoms with E-state index in [1.165, 1.54) is 0 Å². The summed E-state index contributed by atoms with van der Waals surface area (Å²) in [5, 5.41) is 2.98. The standard InChI is InChI=1S/C17H23N5O2/c1-12(2)10-21-11-13(3-4-16(21)23)17(24)20-8-14-7-19-15-9-18-5-6-22(14)15/h5-7,9,12-13H,3-4,8,10-11H2,1-2H3,(H,20,24)/t13-/m0/s1. The van der Waals surface area contributed by atoms with Crippen molar-refractivity contribution in [2.24, 2.45) is 11.8 Å². The molecule has 2 aromatic heterocycles. The van der Waals surface area contributed by atoms with Gasteiger partial charge in [-0.15, -0.1) is 0 Å². The molecule has 7 heteroatoms. The van der Waals surface area contributed by atoms with Gasteiger partial charge in [0.05, 0.1) is 30.6 Å². The van der Waals surface area contributed by atoms with Gasteiger partial charge < -0.3 is 10.2 Å². The summed E-state index contributed by atoms with van der Waals surface area (Å²) < 4.78 is 1.91. The summed E-state index contributed by atoms with van der Waals surface area (Å²) in [6, 6.07) is 0. The van der Waals surface area contributed by atoms with E-state index in [1.54, 1.807) is 18.6 Å². The number of nitrogens with one attached hydrogen (secondary N) is 1. The summed E-state index contributed by atoms with van der Waals surface area (Å²) in [6.45, 7) is 5.80. The summed E-state index contributed by atoms with van der Waals surface area (Å²) in [7, 11) is 0. The lowest BCUT2D eigenvalue weighted by Gasteiger charge is -2.33. The number of fused-ring (bicyclic) bond motifs is 1. The van der Waals surface area contributed by atoms with Crippen molar-refractivity contribution in [3.05, 3.63) is 30.5 Å². The van der Waals surface area contributed by atoms with Crippen LogP contribution in [0.5, 0.6) is 0 Å². The zero-order chi connectivity index (χ0) is 17.1. The van der Waals surface area contributed by atoms with Gasteiger partial charge in [0.25, 0.3) is 0 Å². The predicted octanol–water partition coefficient (Wildman–Crippen LogP) is 1.24. The minimum atomic E-state index is -0.137. The number of piperidine rings is 1. The molecule has 1 saturated heterocycles. The molecule has 1 aliphatic rings. The first kappa shape index (κ1) is 16.4. The highest BCUT2D eigenvalue weighted by molar-refractivity contribution is 5.83. The normalized spacial score (nSPS) is 18.4. The molecule has 1 fully saturated rings. The monoisotopic (exact) mass is 329 g/mol. The summed E-state index contributed by atoms with van der Waals surface area (Å²) in [4.78, 5) is 34.5. The van der Waals surface area contributed by atoms with Crippen LogP contribution in [-0.2, 0) is 16.1 Å². The molecule has 0 radical (unpaired) electrons. The fraction of sp³-hybridized carbons (Fsp3) is 0.529. The van der Waals surface area contributed by atoms with E-state index in [4.69, 9.17) is 0 Å². The van der Waals surface area contributed by atoms with Crippen molar-refractivity contribution in [3.63, 3.8) is 0 Å². The van der Waals surface area contributed by atoms with Crippen LogP contribution in [0, 0.1) is 11.8 Å². The lowest BCUT2D eigenvalue weighted by Crippen LogP contribution is -2.46. The second-order valence-electron chi connectivity index (χ2n) is 6.70. The molecular formula is C17H23N5O2. The Balaban J connectivity index is 1.59. The van der Waals surface area contributed by atoms with E-state index in [0.29, 0.717) is 38.4 Å². The van der Waals surface area contributed by atoms with Crippen molar-refractivity contribution in [3.8, 4) is 0 Å². The number of imidazole rings is 1. The van der Waals surface area contributed by atoms with E-state index in [1.807, 2.05) is 15.5 Å². The van der Waals surface area contributed by atoms with E-state index >= 15 is 0 Å². The Kier molecular flexibility index (Phi) is 4.78. The summed E-state index contributed by atoms with van der Waals surface area (Å²) >= 11 is 0. The molecule has 1 aliphatic heterocycles. The maximum absolute atomic E-state index is 12.5. The van der Waals surface area contributed by atoms with E-state index < -0.39 is 0 Å². The molecule has 0 unspecified atom stereocenters. The highest BCUT2D eigenvalue weighted by Crippen LogP contribution is 2.19. The van der Waals surface area contributed by atoms with E-state index in [9.17, 15) is 9.59 Å². The molecule has 0 aromatic carbocycles. The average molecular weight is 329 g/mol. The molecule has 1 atom stereocenters. The van der Waals surface area contributed by atoms with E-state index in [2.05, 4.69) is 29.1 Å². The Morgan fingerprint density at radius 1 is 1.42 bits per heavy atom. The topological polar surface area (TPSA) is 79.6 Å². The predicted molar refractivity (Wildman–Crippen MR) is 89.0 cm³/mol. The van der Waals surface area contributed by atoms with Gasteiger partial charge in [0, 0.05) is 31.9 Å². The first-order valence-electron chi connectivity index (χ1n) is 8.36. The number of rotatable bonds is 5. The number of aromatic nitrogens is 3. The number of hydrogen-bond donors (Lipinski definition) is 1. The van der Waals surface area contributed by atoms with E-state index in [-0.39, 0.29) is 17.7 Å². The van der Waals surface area contributed by atoms with Crippen LogP contribution in [0.2, 0.25) is 0 Å². The molecule has 3 heterocycles. The van der Waals surface area contributed by atoms with Gasteiger partial charge in [-0.1, -0.05) is 13.8 Å². The molecule has 2 amide bonds. The second kappa shape index (κ2) is 6.98. The SMILES string of the molecule is CC(C)CN1C[C@@H](C(=O)NCc2cnc3cnccn23)CCC1=O. The van der Waals surface area contributed by atoms with Crippen molar-refractivity contribution < 1.29 is 9.59 Å². The lowest BCUT2D eigenvalue weighted by molar-refractivity contribution is -0.138. The third-order valence-electron chi connectivity index (χ3n) is 4.29. The Labute approximate surface area is 141 Å². The second-order valence-corrected chi connectivity index (χ2v) is 6.70. The van der Waals surface area contributed by atoms with Crippen LogP contribution in [-0.4, -0.2) is 44.2 Å². The molecule has 128 valence electrons. The first-order chi connectivity index (χ1) is 11.5. The Bertz CT molecular complexity index is 739. The molecular weight excluding hydrogens is 306 g/mol. The Hall–Kier alpha value is -2.44. The van der Waals surface area contributed by atoms with Crippen LogP contribution >= 0.6 is 0 Å². The van der Waals surface area contributed by atoms with Gasteiger partial charge in [-0.3, -0.25) is 19.0 Å². The minimum absolute atomic E-state index is 0.000243. The van der Waals surface area contributed by atoms with Gasteiger partial charge in [0.1, 0.15) is 0 Å². The van der Waals surface area contributed by atoms with Crippen LogP contribution in [0.3, 0.4) is 0 Å². The van der Waals surface area contributed by atoms with Crippen molar-refractivity contribution in [2.75, 3.05) is 13.1 Å². The smallest absolute Gasteiger partial charge is 0.225 e. The Morgan fingerprint density at radius 2 is 2.25 bits per heavy atom. The number of hydrogen-bond acceptors (Lipinski definition) is 4. The van der Waals surface area contributed by atoms with Gasteiger partial charge in [-0.25, -0.2) is 4.98 Å². The summed E-state index contributed by atoms with van der Waals surface area (Å²) in [5.41, 5.74) is 1.67. The highest BCUT2D eigenvalue weighted by Gasteiger charge is 2.30. The molecule has 7 nitrogen and oxygen atoms in total.